The van der Waals surface area contributed by atoms with Crippen molar-refractivity contribution in [1.82, 2.24) is 4.90 Å². The molecule has 0 aliphatic heterocycles. The summed E-state index contributed by atoms with van der Waals surface area (Å²) in [7, 11) is 0. The van der Waals surface area contributed by atoms with Crippen molar-refractivity contribution in [2.45, 2.75) is 44.9 Å². The minimum absolute atomic E-state index is 0.0383. The molecule has 0 bridgehead atoms. The van der Waals surface area contributed by atoms with E-state index in [1.165, 1.54) is 30.6 Å². The van der Waals surface area contributed by atoms with Gasteiger partial charge in [-0.1, -0.05) is 31.6 Å². The fourth-order valence-electron chi connectivity index (χ4n) is 2.37. The van der Waals surface area contributed by atoms with E-state index in [4.69, 9.17) is 11.7 Å². The standard InChI is InChI=1S/C14H20N2O/c1-2-10-16(11-9-15)14(17)12-13-7-5-3-4-6-8-13/h1,13H,3-8,10-12H2. The number of hydrogen-bond acceptors (Lipinski definition) is 2. The zero-order valence-electron chi connectivity index (χ0n) is 10.3. The number of hydrogen-bond donors (Lipinski definition) is 0. The van der Waals surface area contributed by atoms with Crippen molar-refractivity contribution in [2.75, 3.05) is 13.1 Å². The SMILES string of the molecule is C#CCN(CC#N)C(=O)CC1CCCCCC1. The van der Waals surface area contributed by atoms with Gasteiger partial charge < -0.3 is 4.90 Å². The molecule has 1 amide bonds. The van der Waals surface area contributed by atoms with Crippen molar-refractivity contribution in [3.05, 3.63) is 0 Å². The second-order valence-electron chi connectivity index (χ2n) is 4.67. The molecule has 0 spiro atoms. The number of nitrogens with zero attached hydrogens (tertiary/aromatic N) is 2. The third-order valence-electron chi connectivity index (χ3n) is 3.33. The molecule has 1 fully saturated rings. The number of nitriles is 1. The molecule has 1 saturated carbocycles. The Balaban J connectivity index is 2.45. The molecule has 1 aliphatic carbocycles. The quantitative estimate of drug-likeness (QED) is 0.424. The highest BCUT2D eigenvalue weighted by Gasteiger charge is 2.19. The van der Waals surface area contributed by atoms with Gasteiger partial charge in [-0.2, -0.15) is 5.26 Å². The Morgan fingerprint density at radius 3 is 2.41 bits per heavy atom. The third kappa shape index (κ3) is 4.91. The Kier molecular flexibility index (Phi) is 6.18. The predicted molar refractivity (Wildman–Crippen MR) is 66.8 cm³/mol. The van der Waals surface area contributed by atoms with E-state index < -0.39 is 0 Å². The first-order chi connectivity index (χ1) is 8.27. The first-order valence-corrected chi connectivity index (χ1v) is 6.36. The van der Waals surface area contributed by atoms with Gasteiger partial charge in [-0.05, 0) is 18.8 Å². The second-order valence-corrected chi connectivity index (χ2v) is 4.67. The van der Waals surface area contributed by atoms with E-state index in [0.29, 0.717) is 12.3 Å². The first kappa shape index (κ1) is 13.6. The highest BCUT2D eigenvalue weighted by atomic mass is 16.2. The van der Waals surface area contributed by atoms with E-state index in [9.17, 15) is 4.79 Å². The largest absolute Gasteiger partial charge is 0.318 e. The van der Waals surface area contributed by atoms with Gasteiger partial charge >= 0.3 is 0 Å². The molecule has 0 heterocycles. The van der Waals surface area contributed by atoms with E-state index in [-0.39, 0.29) is 19.0 Å². The summed E-state index contributed by atoms with van der Waals surface area (Å²) in [6.07, 6.45) is 13.1. The molecular weight excluding hydrogens is 212 g/mol. The fourth-order valence-corrected chi connectivity index (χ4v) is 2.37. The van der Waals surface area contributed by atoms with Crippen LogP contribution in [0.3, 0.4) is 0 Å². The van der Waals surface area contributed by atoms with Crippen LogP contribution in [0.15, 0.2) is 0 Å². The summed E-state index contributed by atoms with van der Waals surface area (Å²) < 4.78 is 0. The van der Waals surface area contributed by atoms with Crippen LogP contribution in [-0.2, 0) is 4.79 Å². The van der Waals surface area contributed by atoms with Crippen molar-refractivity contribution in [2.24, 2.45) is 5.92 Å². The highest BCUT2D eigenvalue weighted by Crippen LogP contribution is 2.25. The molecule has 0 aromatic rings. The number of amides is 1. The molecule has 1 rings (SSSR count). The van der Waals surface area contributed by atoms with Gasteiger partial charge in [0.25, 0.3) is 0 Å². The maximum atomic E-state index is 12.0. The lowest BCUT2D eigenvalue weighted by atomic mass is 9.96. The molecule has 0 saturated heterocycles. The maximum Gasteiger partial charge on any atom is 0.224 e. The summed E-state index contributed by atoms with van der Waals surface area (Å²) >= 11 is 0. The molecular formula is C14H20N2O. The predicted octanol–water partition coefficient (Wildman–Crippen LogP) is 2.33. The molecule has 0 unspecified atom stereocenters. The highest BCUT2D eigenvalue weighted by molar-refractivity contribution is 5.77. The molecule has 0 aromatic heterocycles. The lowest BCUT2D eigenvalue weighted by molar-refractivity contribution is -0.131. The van der Waals surface area contributed by atoms with Gasteiger partial charge in [0.2, 0.25) is 5.91 Å². The topological polar surface area (TPSA) is 44.1 Å². The Labute approximate surface area is 104 Å². The lowest BCUT2D eigenvalue weighted by Crippen LogP contribution is -2.33. The Hall–Kier alpha value is -1.48. The van der Waals surface area contributed by atoms with E-state index in [1.807, 2.05) is 6.07 Å². The molecule has 17 heavy (non-hydrogen) atoms. The smallest absolute Gasteiger partial charge is 0.224 e. The average molecular weight is 232 g/mol. The van der Waals surface area contributed by atoms with Crippen LogP contribution in [0.5, 0.6) is 0 Å². The van der Waals surface area contributed by atoms with E-state index in [1.54, 1.807) is 0 Å². The van der Waals surface area contributed by atoms with Crippen LogP contribution in [0, 0.1) is 29.6 Å². The van der Waals surface area contributed by atoms with Crippen molar-refractivity contribution in [3.63, 3.8) is 0 Å². The van der Waals surface area contributed by atoms with Crippen LogP contribution >= 0.6 is 0 Å². The third-order valence-corrected chi connectivity index (χ3v) is 3.33. The van der Waals surface area contributed by atoms with Crippen LogP contribution in [-0.4, -0.2) is 23.9 Å². The second kappa shape index (κ2) is 7.74. The van der Waals surface area contributed by atoms with Gasteiger partial charge in [-0.3, -0.25) is 4.79 Å². The van der Waals surface area contributed by atoms with Crippen LogP contribution in [0.1, 0.15) is 44.9 Å². The van der Waals surface area contributed by atoms with Crippen LogP contribution in [0.25, 0.3) is 0 Å². The zero-order valence-corrected chi connectivity index (χ0v) is 10.3. The molecule has 1 aliphatic rings. The monoisotopic (exact) mass is 232 g/mol. The first-order valence-electron chi connectivity index (χ1n) is 6.36. The molecule has 0 N–H and O–H groups in total. The Morgan fingerprint density at radius 1 is 1.24 bits per heavy atom. The summed E-state index contributed by atoms with van der Waals surface area (Å²) in [5, 5.41) is 8.65. The molecule has 3 heteroatoms. The fraction of sp³-hybridized carbons (Fsp3) is 0.714. The van der Waals surface area contributed by atoms with Crippen molar-refractivity contribution >= 4 is 5.91 Å². The summed E-state index contributed by atoms with van der Waals surface area (Å²) in [6, 6.07) is 1.99. The van der Waals surface area contributed by atoms with Crippen molar-refractivity contribution in [3.8, 4) is 18.4 Å². The van der Waals surface area contributed by atoms with Crippen LogP contribution < -0.4 is 0 Å². The molecule has 92 valence electrons. The van der Waals surface area contributed by atoms with E-state index in [2.05, 4.69) is 5.92 Å². The van der Waals surface area contributed by atoms with Crippen LogP contribution in [0.4, 0.5) is 0 Å². The van der Waals surface area contributed by atoms with Crippen molar-refractivity contribution < 1.29 is 4.79 Å². The summed E-state index contributed by atoms with van der Waals surface area (Å²) in [5.41, 5.74) is 0. The average Bonchev–Trinajstić information content (AvgIpc) is 2.57. The van der Waals surface area contributed by atoms with Crippen LogP contribution in [0.2, 0.25) is 0 Å². The Bertz CT molecular complexity index is 300. The van der Waals surface area contributed by atoms with Crippen molar-refractivity contribution in [1.29, 1.82) is 5.26 Å². The molecule has 0 radical (unpaired) electrons. The van der Waals surface area contributed by atoms with Gasteiger partial charge in [0, 0.05) is 6.42 Å². The summed E-state index contributed by atoms with van der Waals surface area (Å²) in [5.74, 6) is 2.97. The molecule has 0 atom stereocenters. The summed E-state index contributed by atoms with van der Waals surface area (Å²) in [6.45, 7) is 0.356. The molecule has 0 aromatic carbocycles. The molecule has 3 nitrogen and oxygen atoms in total. The van der Waals surface area contributed by atoms with Gasteiger partial charge in [-0.25, -0.2) is 0 Å². The normalized spacial score (nSPS) is 16.6. The summed E-state index contributed by atoms with van der Waals surface area (Å²) in [4.78, 5) is 13.5. The Morgan fingerprint density at radius 2 is 1.88 bits per heavy atom. The number of terminal acetylenes is 1. The minimum atomic E-state index is 0.0383. The lowest BCUT2D eigenvalue weighted by Gasteiger charge is -2.20. The van der Waals surface area contributed by atoms with E-state index in [0.717, 1.165) is 12.8 Å². The van der Waals surface area contributed by atoms with Gasteiger partial charge in [0.15, 0.2) is 0 Å². The maximum absolute atomic E-state index is 12.0. The van der Waals surface area contributed by atoms with Gasteiger partial charge in [-0.15, -0.1) is 6.42 Å². The minimum Gasteiger partial charge on any atom is -0.318 e. The van der Waals surface area contributed by atoms with Gasteiger partial charge in [0.1, 0.15) is 6.54 Å². The number of rotatable bonds is 4. The van der Waals surface area contributed by atoms with E-state index >= 15 is 0 Å². The zero-order chi connectivity index (χ0) is 12.5. The van der Waals surface area contributed by atoms with Gasteiger partial charge in [0.05, 0.1) is 12.6 Å². The number of carbonyl (C=O) groups excluding carboxylic acids is 1. The number of carbonyl (C=O) groups is 1.